The number of hydrogen-bond donors (Lipinski definition) is 2. The molecule has 0 aliphatic carbocycles. The van der Waals surface area contributed by atoms with Crippen LogP contribution in [0.25, 0.3) is 0 Å². The van der Waals surface area contributed by atoms with E-state index in [2.05, 4.69) is 15.4 Å². The molecule has 3 rings (SSSR count). The van der Waals surface area contributed by atoms with Crippen LogP contribution in [0.5, 0.6) is 5.75 Å². The van der Waals surface area contributed by atoms with E-state index in [0.29, 0.717) is 18.8 Å². The molecule has 0 bridgehead atoms. The van der Waals surface area contributed by atoms with Crippen LogP contribution in [-0.4, -0.2) is 44.0 Å². The molecule has 2 atom stereocenters. The zero-order valence-electron chi connectivity index (χ0n) is 13.8. The number of alkyl halides is 3. The molecule has 1 amide bonds. The molecule has 2 fully saturated rings. The number of hydrogen-bond acceptors (Lipinski definition) is 4. The number of carbonyl (C=O) groups excluding carboxylic acids is 1. The first-order chi connectivity index (χ1) is 11.9. The molecule has 5 nitrogen and oxygen atoms in total. The molecule has 2 N–H and O–H groups in total. The smallest absolute Gasteiger partial charge is 0.406 e. The van der Waals surface area contributed by atoms with Crippen LogP contribution in [0.4, 0.5) is 18.9 Å². The second kappa shape index (κ2) is 7.51. The number of carbonyl (C=O) groups is 1. The lowest BCUT2D eigenvalue weighted by Gasteiger charge is -2.25. The van der Waals surface area contributed by atoms with E-state index in [1.807, 2.05) is 4.90 Å². The summed E-state index contributed by atoms with van der Waals surface area (Å²) in [5.41, 5.74) is 0.661. The van der Waals surface area contributed by atoms with Gasteiger partial charge in [-0.25, -0.2) is 0 Å². The summed E-state index contributed by atoms with van der Waals surface area (Å²) in [5.74, 6) is -0.218. The fraction of sp³-hybridized carbons (Fsp3) is 0.588. The largest absolute Gasteiger partial charge is 0.573 e. The van der Waals surface area contributed by atoms with Gasteiger partial charge in [-0.2, -0.15) is 0 Å². The van der Waals surface area contributed by atoms with Crippen molar-refractivity contribution in [3.8, 4) is 5.75 Å². The first-order valence-electron chi connectivity index (χ1n) is 8.55. The molecule has 1 aromatic rings. The third-order valence-electron chi connectivity index (χ3n) is 4.58. The van der Waals surface area contributed by atoms with Gasteiger partial charge >= 0.3 is 6.36 Å². The highest BCUT2D eigenvalue weighted by Gasteiger charge is 2.32. The number of amides is 1. The molecule has 0 saturated carbocycles. The maximum Gasteiger partial charge on any atom is 0.573 e. The minimum Gasteiger partial charge on any atom is -0.406 e. The standard InChI is InChI=1S/C17H22F3N3O2/c18-17(19,20)25-14-5-3-4-13(10-14)23-9-7-12(11-23)22-16(24)15-6-1-2-8-21-15/h3-5,10,12,15,21H,1-2,6-9,11H2,(H,22,24)/t12?,15-/m1/s1. The predicted molar refractivity (Wildman–Crippen MR) is 87.5 cm³/mol. The van der Waals surface area contributed by atoms with Gasteiger partial charge < -0.3 is 20.3 Å². The lowest BCUT2D eigenvalue weighted by atomic mass is 10.0. The van der Waals surface area contributed by atoms with E-state index >= 15 is 0 Å². The minimum absolute atomic E-state index is 0.00316. The lowest BCUT2D eigenvalue weighted by Crippen LogP contribution is -2.50. The summed E-state index contributed by atoms with van der Waals surface area (Å²) >= 11 is 0. The van der Waals surface area contributed by atoms with Gasteiger partial charge in [0.05, 0.1) is 6.04 Å². The Kier molecular flexibility index (Phi) is 5.36. The Morgan fingerprint density at radius 2 is 2.12 bits per heavy atom. The second-order valence-electron chi connectivity index (χ2n) is 6.49. The summed E-state index contributed by atoms with van der Waals surface area (Å²) in [5, 5.41) is 6.26. The molecule has 25 heavy (non-hydrogen) atoms. The zero-order valence-corrected chi connectivity index (χ0v) is 13.8. The van der Waals surface area contributed by atoms with Crippen molar-refractivity contribution in [2.75, 3.05) is 24.5 Å². The van der Waals surface area contributed by atoms with Crippen LogP contribution in [0, 0.1) is 0 Å². The van der Waals surface area contributed by atoms with Crippen molar-refractivity contribution < 1.29 is 22.7 Å². The number of anilines is 1. The van der Waals surface area contributed by atoms with Crippen molar-refractivity contribution in [2.24, 2.45) is 0 Å². The number of nitrogens with one attached hydrogen (secondary N) is 2. The Bertz CT molecular complexity index is 603. The van der Waals surface area contributed by atoms with E-state index in [9.17, 15) is 18.0 Å². The van der Waals surface area contributed by atoms with Crippen LogP contribution in [0.2, 0.25) is 0 Å². The molecule has 1 unspecified atom stereocenters. The molecule has 0 aromatic heterocycles. The van der Waals surface area contributed by atoms with Crippen LogP contribution in [0.3, 0.4) is 0 Å². The van der Waals surface area contributed by atoms with Gasteiger partial charge in [0.15, 0.2) is 0 Å². The average Bonchev–Trinajstić information content (AvgIpc) is 3.03. The lowest BCUT2D eigenvalue weighted by molar-refractivity contribution is -0.274. The monoisotopic (exact) mass is 357 g/mol. The van der Waals surface area contributed by atoms with Crippen molar-refractivity contribution in [1.82, 2.24) is 10.6 Å². The molecule has 138 valence electrons. The molecule has 0 radical (unpaired) electrons. The minimum atomic E-state index is -4.70. The molecular formula is C17H22F3N3O2. The fourth-order valence-electron chi connectivity index (χ4n) is 3.37. The highest BCUT2D eigenvalue weighted by Crippen LogP contribution is 2.28. The predicted octanol–water partition coefficient (Wildman–Crippen LogP) is 2.42. The summed E-state index contributed by atoms with van der Waals surface area (Å²) in [7, 11) is 0. The van der Waals surface area contributed by atoms with Gasteiger partial charge in [0.1, 0.15) is 5.75 Å². The van der Waals surface area contributed by atoms with Crippen LogP contribution >= 0.6 is 0 Å². The first kappa shape index (κ1) is 17.8. The van der Waals surface area contributed by atoms with E-state index in [4.69, 9.17) is 0 Å². The van der Waals surface area contributed by atoms with Crippen LogP contribution in [0.1, 0.15) is 25.7 Å². The summed E-state index contributed by atoms with van der Waals surface area (Å²) in [6.45, 7) is 2.12. The van der Waals surface area contributed by atoms with Crippen molar-refractivity contribution in [3.05, 3.63) is 24.3 Å². The number of halogens is 3. The van der Waals surface area contributed by atoms with E-state index < -0.39 is 6.36 Å². The Hall–Kier alpha value is -1.96. The summed E-state index contributed by atoms with van der Waals surface area (Å²) in [6.07, 6.45) is -0.944. The number of piperidine rings is 1. The van der Waals surface area contributed by atoms with Gasteiger partial charge in [0, 0.05) is 30.9 Å². The van der Waals surface area contributed by atoms with Crippen LogP contribution < -0.4 is 20.3 Å². The van der Waals surface area contributed by atoms with Crippen molar-refractivity contribution in [3.63, 3.8) is 0 Å². The van der Waals surface area contributed by atoms with E-state index in [1.165, 1.54) is 18.2 Å². The first-order valence-corrected chi connectivity index (χ1v) is 8.55. The van der Waals surface area contributed by atoms with Gasteiger partial charge in [-0.15, -0.1) is 13.2 Å². The number of benzene rings is 1. The van der Waals surface area contributed by atoms with Crippen LogP contribution in [-0.2, 0) is 4.79 Å². The van der Waals surface area contributed by atoms with Gasteiger partial charge in [-0.3, -0.25) is 4.79 Å². The zero-order chi connectivity index (χ0) is 17.9. The maximum atomic E-state index is 12.3. The second-order valence-corrected chi connectivity index (χ2v) is 6.49. The molecule has 0 spiro atoms. The third-order valence-corrected chi connectivity index (χ3v) is 4.58. The normalized spacial score (nSPS) is 24.2. The third kappa shape index (κ3) is 5.01. The molecule has 2 aliphatic rings. The molecule has 2 aliphatic heterocycles. The highest BCUT2D eigenvalue weighted by molar-refractivity contribution is 5.82. The van der Waals surface area contributed by atoms with E-state index in [1.54, 1.807) is 6.07 Å². The number of ether oxygens (including phenoxy) is 1. The molecular weight excluding hydrogens is 335 g/mol. The topological polar surface area (TPSA) is 53.6 Å². The Morgan fingerprint density at radius 1 is 1.28 bits per heavy atom. The van der Waals surface area contributed by atoms with Gasteiger partial charge in [-0.1, -0.05) is 12.5 Å². The highest BCUT2D eigenvalue weighted by atomic mass is 19.4. The molecule has 8 heteroatoms. The quantitative estimate of drug-likeness (QED) is 0.869. The number of rotatable bonds is 4. The van der Waals surface area contributed by atoms with E-state index in [-0.39, 0.29) is 23.7 Å². The van der Waals surface area contributed by atoms with Crippen molar-refractivity contribution in [2.45, 2.75) is 44.1 Å². The van der Waals surface area contributed by atoms with Gasteiger partial charge in [0.2, 0.25) is 5.91 Å². The molecule has 1 aromatic carbocycles. The maximum absolute atomic E-state index is 12.3. The average molecular weight is 357 g/mol. The van der Waals surface area contributed by atoms with Crippen molar-refractivity contribution >= 4 is 11.6 Å². The Labute approximate surface area is 144 Å². The summed E-state index contributed by atoms with van der Waals surface area (Å²) in [4.78, 5) is 14.2. The van der Waals surface area contributed by atoms with Crippen molar-refractivity contribution in [1.29, 1.82) is 0 Å². The number of nitrogens with zero attached hydrogens (tertiary/aromatic N) is 1. The van der Waals surface area contributed by atoms with E-state index in [0.717, 1.165) is 32.2 Å². The summed E-state index contributed by atoms with van der Waals surface area (Å²) in [6, 6.07) is 5.81. The molecule has 2 heterocycles. The molecule has 2 saturated heterocycles. The Balaban J connectivity index is 1.55. The van der Waals surface area contributed by atoms with Gasteiger partial charge in [-0.05, 0) is 37.9 Å². The van der Waals surface area contributed by atoms with Gasteiger partial charge in [0.25, 0.3) is 0 Å². The van der Waals surface area contributed by atoms with Crippen LogP contribution in [0.15, 0.2) is 24.3 Å². The SMILES string of the molecule is O=C(NC1CCN(c2cccc(OC(F)(F)F)c2)C1)[C@H]1CCCCN1. The summed E-state index contributed by atoms with van der Waals surface area (Å²) < 4.78 is 41.0. The Morgan fingerprint density at radius 3 is 2.84 bits per heavy atom. The fourth-order valence-corrected chi connectivity index (χ4v) is 3.37.